The minimum Gasteiger partial charge on any atom is -0.497 e. The number of anilines is 6. The Hall–Kier alpha value is -4.99. The predicted molar refractivity (Wildman–Crippen MR) is 145 cm³/mol. The molecule has 0 fully saturated rings. The van der Waals surface area contributed by atoms with Gasteiger partial charge in [0.15, 0.2) is 0 Å². The van der Waals surface area contributed by atoms with Crippen molar-refractivity contribution in [2.75, 3.05) is 42.6 Å². The number of benzene rings is 3. The maximum atomic E-state index is 12.5. The van der Waals surface area contributed by atoms with Gasteiger partial charge in [-0.15, -0.1) is 0 Å². The fourth-order valence-corrected chi connectivity index (χ4v) is 3.45. The van der Waals surface area contributed by atoms with Gasteiger partial charge in [-0.3, -0.25) is 0 Å². The normalized spacial score (nSPS) is 10.3. The minimum absolute atomic E-state index is 0.396. The Morgan fingerprint density at radius 1 is 0.622 bits per heavy atom. The van der Waals surface area contributed by atoms with Gasteiger partial charge in [-0.05, 0) is 55.5 Å². The van der Waals surface area contributed by atoms with Crippen molar-refractivity contribution in [1.29, 1.82) is 0 Å². The van der Waals surface area contributed by atoms with Crippen LogP contribution in [0.15, 0.2) is 72.8 Å². The van der Waals surface area contributed by atoms with E-state index in [1.54, 1.807) is 51.7 Å². The number of methoxy groups -OCH3 is 3. The van der Waals surface area contributed by atoms with Crippen LogP contribution in [-0.4, -0.2) is 37.3 Å². The van der Waals surface area contributed by atoms with Crippen molar-refractivity contribution in [2.45, 2.75) is 6.92 Å². The Labute approximate surface area is 215 Å². The second-order valence-electron chi connectivity index (χ2n) is 7.95. The summed E-state index contributed by atoms with van der Waals surface area (Å²) in [5.41, 5.74) is 3.61. The molecule has 1 aromatic heterocycles. The lowest BCUT2D eigenvalue weighted by atomic mass is 10.2. The highest BCUT2D eigenvalue weighted by atomic mass is 16.5. The Kier molecular flexibility index (Phi) is 7.89. The molecular formula is C27H28N6O4. The number of nitrogens with zero attached hydrogens (tertiary/aromatic N) is 2. The lowest BCUT2D eigenvalue weighted by molar-refractivity contribution is 0.262. The highest BCUT2D eigenvalue weighted by molar-refractivity contribution is 6.00. The monoisotopic (exact) mass is 500 g/mol. The maximum Gasteiger partial charge on any atom is 0.323 e. The zero-order valence-corrected chi connectivity index (χ0v) is 21.0. The first-order valence-corrected chi connectivity index (χ1v) is 11.4. The Morgan fingerprint density at radius 2 is 1.16 bits per heavy atom. The van der Waals surface area contributed by atoms with Gasteiger partial charge < -0.3 is 35.5 Å². The van der Waals surface area contributed by atoms with Crippen LogP contribution in [0.2, 0.25) is 0 Å². The van der Waals surface area contributed by atoms with E-state index in [0.29, 0.717) is 34.6 Å². The molecular weight excluding hydrogens is 472 g/mol. The van der Waals surface area contributed by atoms with E-state index in [1.165, 1.54) is 0 Å². The molecule has 10 heteroatoms. The molecule has 0 saturated carbocycles. The highest BCUT2D eigenvalue weighted by Gasteiger charge is 2.08. The number of amides is 2. The fraction of sp³-hybridized carbons (Fsp3) is 0.148. The summed E-state index contributed by atoms with van der Waals surface area (Å²) in [6.07, 6.45) is 0. The summed E-state index contributed by atoms with van der Waals surface area (Å²) in [4.78, 5) is 21.5. The van der Waals surface area contributed by atoms with E-state index in [2.05, 4.69) is 31.2 Å². The first-order valence-electron chi connectivity index (χ1n) is 11.4. The summed E-state index contributed by atoms with van der Waals surface area (Å²) in [5, 5.41) is 12.0. The largest absolute Gasteiger partial charge is 0.497 e. The third kappa shape index (κ3) is 7.01. The molecule has 4 N–H and O–H groups in total. The second kappa shape index (κ2) is 11.6. The maximum absolute atomic E-state index is 12.5. The van der Waals surface area contributed by atoms with Crippen LogP contribution < -0.4 is 35.5 Å². The number of hydrogen-bond acceptors (Lipinski definition) is 8. The standard InChI is InChI=1S/C27H28N6O4/c1-17-13-25(29-18-9-11-22(35-2)12-10-18)33-26(28-17)30-19-5-7-20(8-6-19)31-27(34)32-21-14-23(36-3)16-24(15-21)37-4/h5-16H,1-4H3,(H2,31,32,34)(H2,28,29,30,33). The van der Waals surface area contributed by atoms with Gasteiger partial charge in [0.25, 0.3) is 0 Å². The molecule has 0 aliphatic carbocycles. The van der Waals surface area contributed by atoms with Crippen LogP contribution in [-0.2, 0) is 0 Å². The summed E-state index contributed by atoms with van der Waals surface area (Å²) < 4.78 is 15.7. The lowest BCUT2D eigenvalue weighted by Crippen LogP contribution is -2.19. The molecule has 0 saturated heterocycles. The summed E-state index contributed by atoms with van der Waals surface area (Å²) in [6.45, 7) is 1.90. The molecule has 0 aliphatic rings. The van der Waals surface area contributed by atoms with Crippen molar-refractivity contribution in [3.05, 3.63) is 78.5 Å². The van der Waals surface area contributed by atoms with E-state index in [9.17, 15) is 4.79 Å². The Morgan fingerprint density at radius 3 is 1.78 bits per heavy atom. The van der Waals surface area contributed by atoms with Gasteiger partial charge in [-0.2, -0.15) is 4.98 Å². The summed E-state index contributed by atoms with van der Waals surface area (Å²) in [5.74, 6) is 3.03. The number of ether oxygens (including phenoxy) is 3. The quantitative estimate of drug-likeness (QED) is 0.223. The average molecular weight is 501 g/mol. The van der Waals surface area contributed by atoms with Gasteiger partial charge in [0, 0.05) is 52.7 Å². The molecule has 0 radical (unpaired) electrons. The third-order valence-corrected chi connectivity index (χ3v) is 5.22. The van der Waals surface area contributed by atoms with Crippen LogP contribution in [0, 0.1) is 6.92 Å². The van der Waals surface area contributed by atoms with Gasteiger partial charge in [0.1, 0.15) is 23.1 Å². The van der Waals surface area contributed by atoms with Crippen molar-refractivity contribution in [2.24, 2.45) is 0 Å². The molecule has 0 aliphatic heterocycles. The summed E-state index contributed by atoms with van der Waals surface area (Å²) in [6, 6.07) is 21.4. The Bertz CT molecular complexity index is 1340. The van der Waals surface area contributed by atoms with Gasteiger partial charge in [-0.1, -0.05) is 0 Å². The van der Waals surface area contributed by atoms with Crippen molar-refractivity contribution in [3.8, 4) is 17.2 Å². The van der Waals surface area contributed by atoms with Crippen molar-refractivity contribution < 1.29 is 19.0 Å². The zero-order valence-electron chi connectivity index (χ0n) is 21.0. The molecule has 4 aromatic rings. The van der Waals surface area contributed by atoms with E-state index >= 15 is 0 Å². The number of urea groups is 1. The zero-order chi connectivity index (χ0) is 26.2. The van der Waals surface area contributed by atoms with E-state index in [-0.39, 0.29) is 0 Å². The number of aromatic nitrogens is 2. The van der Waals surface area contributed by atoms with Crippen molar-refractivity contribution in [3.63, 3.8) is 0 Å². The van der Waals surface area contributed by atoms with Crippen LogP contribution in [0.4, 0.5) is 39.3 Å². The predicted octanol–water partition coefficient (Wildman–Crippen LogP) is 5.94. The van der Waals surface area contributed by atoms with Crippen LogP contribution in [0.5, 0.6) is 17.2 Å². The number of carbonyl (C=O) groups excluding carboxylic acids is 1. The minimum atomic E-state index is -0.396. The fourth-order valence-electron chi connectivity index (χ4n) is 3.45. The van der Waals surface area contributed by atoms with Crippen LogP contribution in [0.3, 0.4) is 0 Å². The highest BCUT2D eigenvalue weighted by Crippen LogP contribution is 2.26. The van der Waals surface area contributed by atoms with Gasteiger partial charge >= 0.3 is 6.03 Å². The second-order valence-corrected chi connectivity index (χ2v) is 7.95. The topological polar surface area (TPSA) is 119 Å². The van der Waals surface area contributed by atoms with Crippen molar-refractivity contribution in [1.82, 2.24) is 9.97 Å². The van der Waals surface area contributed by atoms with E-state index in [4.69, 9.17) is 14.2 Å². The Balaban J connectivity index is 1.38. The first kappa shape index (κ1) is 25.1. The molecule has 0 spiro atoms. The number of hydrogen-bond donors (Lipinski definition) is 4. The molecule has 0 unspecified atom stereocenters. The van der Waals surface area contributed by atoms with Gasteiger partial charge in [0.05, 0.1) is 21.3 Å². The summed E-state index contributed by atoms with van der Waals surface area (Å²) >= 11 is 0. The molecule has 37 heavy (non-hydrogen) atoms. The molecule has 0 bridgehead atoms. The molecule has 10 nitrogen and oxygen atoms in total. The van der Waals surface area contributed by atoms with E-state index in [1.807, 2.05) is 49.4 Å². The van der Waals surface area contributed by atoms with Crippen molar-refractivity contribution >= 4 is 40.5 Å². The number of carbonyl (C=O) groups is 1. The number of rotatable bonds is 9. The number of aryl methyl sites for hydroxylation is 1. The number of nitrogens with one attached hydrogen (secondary N) is 4. The average Bonchev–Trinajstić information content (AvgIpc) is 2.89. The van der Waals surface area contributed by atoms with Gasteiger partial charge in [0.2, 0.25) is 5.95 Å². The molecule has 3 aromatic carbocycles. The first-order chi connectivity index (χ1) is 17.9. The van der Waals surface area contributed by atoms with Crippen LogP contribution in [0.25, 0.3) is 0 Å². The van der Waals surface area contributed by atoms with Crippen LogP contribution >= 0.6 is 0 Å². The lowest BCUT2D eigenvalue weighted by Gasteiger charge is -2.12. The summed E-state index contributed by atoms with van der Waals surface area (Å²) in [7, 11) is 4.73. The molecule has 1 heterocycles. The molecule has 0 atom stereocenters. The third-order valence-electron chi connectivity index (χ3n) is 5.22. The molecule has 2 amide bonds. The van der Waals surface area contributed by atoms with Crippen LogP contribution in [0.1, 0.15) is 5.69 Å². The smallest absolute Gasteiger partial charge is 0.323 e. The molecule has 4 rings (SSSR count). The van der Waals surface area contributed by atoms with Gasteiger partial charge in [-0.25, -0.2) is 9.78 Å². The van der Waals surface area contributed by atoms with E-state index in [0.717, 1.165) is 22.8 Å². The van der Waals surface area contributed by atoms with E-state index < -0.39 is 6.03 Å². The SMILES string of the molecule is COc1ccc(Nc2cc(C)nc(Nc3ccc(NC(=O)Nc4cc(OC)cc(OC)c4)cc3)n2)cc1. The molecule has 190 valence electrons.